The summed E-state index contributed by atoms with van der Waals surface area (Å²) in [5, 5.41) is 4.03. The molecule has 0 amide bonds. The molecular weight excluding hydrogens is 499 g/mol. The normalized spacial score (nSPS) is 16.9. The number of ether oxygens (including phenoxy) is 1. The van der Waals surface area contributed by atoms with E-state index < -0.39 is 11.7 Å². The summed E-state index contributed by atoms with van der Waals surface area (Å²) in [6.45, 7) is 4.87. The minimum Gasteiger partial charge on any atom is -0.492 e. The molecule has 1 aromatic heterocycles. The number of piperidine rings is 1. The molecule has 1 aliphatic carbocycles. The molecule has 4 aromatic rings. The van der Waals surface area contributed by atoms with Crippen LogP contribution in [-0.2, 0) is 19.0 Å². The molecule has 2 heterocycles. The molecular formula is C32H32F3N3O. The Morgan fingerprint density at radius 1 is 0.923 bits per heavy atom. The van der Waals surface area contributed by atoms with Gasteiger partial charge in [-0.25, -0.2) is 0 Å². The van der Waals surface area contributed by atoms with Gasteiger partial charge in [0.1, 0.15) is 12.4 Å². The molecule has 1 saturated heterocycles. The molecule has 3 aromatic carbocycles. The summed E-state index contributed by atoms with van der Waals surface area (Å²) in [6, 6.07) is 22.0. The third-order valence-corrected chi connectivity index (χ3v) is 8.20. The van der Waals surface area contributed by atoms with Crippen molar-refractivity contribution in [2.75, 3.05) is 31.6 Å². The van der Waals surface area contributed by atoms with Crippen molar-refractivity contribution in [3.8, 4) is 5.75 Å². The van der Waals surface area contributed by atoms with Crippen LogP contribution >= 0.6 is 0 Å². The van der Waals surface area contributed by atoms with Gasteiger partial charge in [-0.3, -0.25) is 9.88 Å². The van der Waals surface area contributed by atoms with Crippen molar-refractivity contribution in [3.05, 3.63) is 95.2 Å². The quantitative estimate of drug-likeness (QED) is 0.279. The van der Waals surface area contributed by atoms with Gasteiger partial charge in [-0.15, -0.1) is 0 Å². The zero-order valence-electron chi connectivity index (χ0n) is 22.0. The maximum absolute atomic E-state index is 13.8. The summed E-state index contributed by atoms with van der Waals surface area (Å²) >= 11 is 0. The third-order valence-electron chi connectivity index (χ3n) is 8.20. The van der Waals surface area contributed by atoms with Gasteiger partial charge >= 0.3 is 6.18 Å². The number of pyridine rings is 1. The fourth-order valence-electron chi connectivity index (χ4n) is 6.15. The minimum atomic E-state index is -4.48. The van der Waals surface area contributed by atoms with Crippen LogP contribution < -0.4 is 10.1 Å². The van der Waals surface area contributed by atoms with Gasteiger partial charge in [0.05, 0.1) is 11.1 Å². The van der Waals surface area contributed by atoms with Gasteiger partial charge in [0.15, 0.2) is 0 Å². The Balaban J connectivity index is 1.12. The van der Waals surface area contributed by atoms with Gasteiger partial charge in [-0.05, 0) is 86.5 Å². The van der Waals surface area contributed by atoms with Crippen LogP contribution in [-0.4, -0.2) is 36.1 Å². The van der Waals surface area contributed by atoms with E-state index in [0.29, 0.717) is 29.9 Å². The maximum Gasteiger partial charge on any atom is 0.416 e. The van der Waals surface area contributed by atoms with Crippen LogP contribution in [0.5, 0.6) is 5.75 Å². The number of nitrogens with one attached hydrogen (secondary N) is 1. The summed E-state index contributed by atoms with van der Waals surface area (Å²) in [6.07, 6.45) is 0.100. The van der Waals surface area contributed by atoms with Crippen LogP contribution in [0.3, 0.4) is 0 Å². The van der Waals surface area contributed by atoms with Gasteiger partial charge < -0.3 is 10.1 Å². The van der Waals surface area contributed by atoms with E-state index in [4.69, 9.17) is 4.74 Å². The van der Waals surface area contributed by atoms with Gasteiger partial charge in [0.25, 0.3) is 0 Å². The number of aryl methyl sites for hydroxylation is 1. The number of anilines is 2. The molecule has 0 radical (unpaired) electrons. The van der Waals surface area contributed by atoms with Crippen LogP contribution in [0.1, 0.15) is 35.2 Å². The zero-order valence-corrected chi connectivity index (χ0v) is 22.0. The lowest BCUT2D eigenvalue weighted by atomic mass is 9.76. The predicted octanol–water partition coefficient (Wildman–Crippen LogP) is 7.57. The Hall–Kier alpha value is -3.58. The topological polar surface area (TPSA) is 37.4 Å². The van der Waals surface area contributed by atoms with E-state index in [1.54, 1.807) is 6.07 Å². The van der Waals surface area contributed by atoms with Crippen molar-refractivity contribution in [1.29, 1.82) is 0 Å². The Labute approximate surface area is 226 Å². The van der Waals surface area contributed by atoms with Crippen LogP contribution in [0.2, 0.25) is 0 Å². The highest BCUT2D eigenvalue weighted by Crippen LogP contribution is 2.44. The number of hydrogen-bond acceptors (Lipinski definition) is 4. The van der Waals surface area contributed by atoms with Gasteiger partial charge in [0, 0.05) is 35.1 Å². The molecule has 39 heavy (non-hydrogen) atoms. The molecule has 4 nitrogen and oxygen atoms in total. The number of benzene rings is 3. The summed E-state index contributed by atoms with van der Waals surface area (Å²) < 4.78 is 47.2. The number of alkyl halides is 3. The smallest absolute Gasteiger partial charge is 0.416 e. The second-order valence-electron chi connectivity index (χ2n) is 11.0. The number of halogens is 3. The third kappa shape index (κ3) is 5.59. The fourth-order valence-corrected chi connectivity index (χ4v) is 6.15. The highest BCUT2D eigenvalue weighted by atomic mass is 19.4. The number of aromatic nitrogens is 1. The first-order valence-electron chi connectivity index (χ1n) is 13.5. The average molecular weight is 532 g/mol. The van der Waals surface area contributed by atoms with E-state index in [1.807, 2.05) is 37.3 Å². The maximum atomic E-state index is 13.8. The van der Waals surface area contributed by atoms with Crippen molar-refractivity contribution in [2.24, 2.45) is 5.41 Å². The Morgan fingerprint density at radius 2 is 1.62 bits per heavy atom. The molecule has 1 spiro atoms. The van der Waals surface area contributed by atoms with E-state index in [9.17, 15) is 13.2 Å². The van der Waals surface area contributed by atoms with Crippen molar-refractivity contribution in [2.45, 2.75) is 38.8 Å². The summed E-state index contributed by atoms with van der Waals surface area (Å²) in [5.74, 6) is 0.210. The van der Waals surface area contributed by atoms with Gasteiger partial charge in [0.2, 0.25) is 0 Å². The fraction of sp³-hybridized carbons (Fsp3) is 0.344. The SMILES string of the molecule is Cc1cc(Nc2cc(OCCN3CCC4(CC3)Cc3ccccc3C4)cc(C(F)(F)F)c2)c2ccccc2n1. The van der Waals surface area contributed by atoms with Crippen LogP contribution in [0.15, 0.2) is 72.8 Å². The van der Waals surface area contributed by atoms with E-state index in [2.05, 4.69) is 39.5 Å². The Morgan fingerprint density at radius 3 is 2.33 bits per heavy atom. The van der Waals surface area contributed by atoms with Crippen LogP contribution in [0.4, 0.5) is 24.5 Å². The number of para-hydroxylation sites is 1. The molecule has 0 saturated carbocycles. The first-order valence-corrected chi connectivity index (χ1v) is 13.5. The molecule has 7 heteroatoms. The highest BCUT2D eigenvalue weighted by molar-refractivity contribution is 5.93. The lowest BCUT2D eigenvalue weighted by Crippen LogP contribution is -2.42. The van der Waals surface area contributed by atoms with Crippen LogP contribution in [0.25, 0.3) is 10.9 Å². The van der Waals surface area contributed by atoms with Gasteiger partial charge in [-0.2, -0.15) is 13.2 Å². The first kappa shape index (κ1) is 25.7. The number of nitrogens with zero attached hydrogens (tertiary/aromatic N) is 2. The van der Waals surface area contributed by atoms with E-state index in [0.717, 1.165) is 67.5 Å². The average Bonchev–Trinajstić information content (AvgIpc) is 3.27. The van der Waals surface area contributed by atoms with Crippen LogP contribution in [0, 0.1) is 12.3 Å². The molecule has 1 N–H and O–H groups in total. The van der Waals surface area contributed by atoms with Crippen molar-refractivity contribution >= 4 is 22.3 Å². The molecule has 1 fully saturated rings. The van der Waals surface area contributed by atoms with Crippen molar-refractivity contribution < 1.29 is 17.9 Å². The molecule has 6 rings (SSSR count). The van der Waals surface area contributed by atoms with E-state index in [-0.39, 0.29) is 5.75 Å². The molecule has 0 bridgehead atoms. The lowest BCUT2D eigenvalue weighted by Gasteiger charge is -2.39. The van der Waals surface area contributed by atoms with Crippen molar-refractivity contribution in [3.63, 3.8) is 0 Å². The molecule has 202 valence electrons. The Kier molecular flexibility index (Phi) is 6.71. The summed E-state index contributed by atoms with van der Waals surface area (Å²) in [5.41, 5.74) is 5.20. The number of hydrogen-bond donors (Lipinski definition) is 1. The summed E-state index contributed by atoms with van der Waals surface area (Å²) in [4.78, 5) is 6.89. The standard InChI is InChI=1S/C32H32F3N3O/c1-22-16-30(28-8-4-5-9-29(28)36-22)37-26-17-25(32(33,34)35)18-27(19-26)39-15-14-38-12-10-31(11-13-38)20-23-6-2-3-7-24(23)21-31/h2-9,16-19H,10-15,20-21H2,1H3,(H,36,37). The number of rotatable bonds is 6. The van der Waals surface area contributed by atoms with E-state index >= 15 is 0 Å². The van der Waals surface area contributed by atoms with E-state index in [1.165, 1.54) is 11.1 Å². The predicted molar refractivity (Wildman–Crippen MR) is 149 cm³/mol. The number of likely N-dealkylation sites (tertiary alicyclic amines) is 1. The zero-order chi connectivity index (χ0) is 27.0. The summed E-state index contributed by atoms with van der Waals surface area (Å²) in [7, 11) is 0. The molecule has 0 unspecified atom stereocenters. The van der Waals surface area contributed by atoms with Crippen molar-refractivity contribution in [1.82, 2.24) is 9.88 Å². The Bertz CT molecular complexity index is 1470. The second kappa shape index (κ2) is 10.2. The highest BCUT2D eigenvalue weighted by Gasteiger charge is 2.39. The lowest BCUT2D eigenvalue weighted by molar-refractivity contribution is -0.137. The van der Waals surface area contributed by atoms with Gasteiger partial charge in [-0.1, -0.05) is 42.5 Å². The molecule has 0 atom stereocenters. The largest absolute Gasteiger partial charge is 0.492 e. The first-order chi connectivity index (χ1) is 18.8. The monoisotopic (exact) mass is 531 g/mol. The number of fused-ring (bicyclic) bond motifs is 2. The molecule has 2 aliphatic rings. The second-order valence-corrected chi connectivity index (χ2v) is 11.0. The minimum absolute atomic E-state index is 0.210. The molecule has 1 aliphatic heterocycles.